The van der Waals surface area contributed by atoms with E-state index in [4.69, 9.17) is 9.72 Å². The monoisotopic (exact) mass is 291 g/mol. The molecule has 1 heterocycles. The Kier molecular flexibility index (Phi) is 7.40. The molecule has 0 fully saturated rings. The van der Waals surface area contributed by atoms with E-state index in [0.29, 0.717) is 12.6 Å². The van der Waals surface area contributed by atoms with Gasteiger partial charge in [0.05, 0.1) is 6.61 Å². The number of hydrogen-bond donors (Lipinski definition) is 1. The predicted molar refractivity (Wildman–Crippen MR) is 90.0 cm³/mol. The van der Waals surface area contributed by atoms with Crippen molar-refractivity contribution in [1.29, 1.82) is 0 Å². The van der Waals surface area contributed by atoms with E-state index in [0.717, 1.165) is 31.1 Å². The summed E-state index contributed by atoms with van der Waals surface area (Å²) in [5, 5.41) is 3.49. The van der Waals surface area contributed by atoms with Crippen molar-refractivity contribution in [2.45, 2.75) is 40.3 Å². The van der Waals surface area contributed by atoms with Crippen molar-refractivity contribution in [2.75, 3.05) is 31.7 Å². The first kappa shape index (κ1) is 17.7. The smallest absolute Gasteiger partial charge is 0.133 e. The maximum Gasteiger partial charge on any atom is 0.133 e. The molecule has 0 aliphatic heterocycles. The Morgan fingerprint density at radius 2 is 2.14 bits per heavy atom. The lowest BCUT2D eigenvalue weighted by Gasteiger charge is -2.26. The van der Waals surface area contributed by atoms with Crippen molar-refractivity contribution in [3.8, 4) is 0 Å². The zero-order valence-corrected chi connectivity index (χ0v) is 14.1. The van der Waals surface area contributed by atoms with Crippen LogP contribution in [0.25, 0.3) is 0 Å². The van der Waals surface area contributed by atoms with Crippen molar-refractivity contribution in [1.82, 2.24) is 10.3 Å². The second-order valence-corrected chi connectivity index (χ2v) is 5.65. The number of aromatic nitrogens is 1. The maximum absolute atomic E-state index is 5.22. The number of pyridine rings is 1. The molecule has 1 aromatic rings. The molecule has 0 amide bonds. The Morgan fingerprint density at radius 3 is 2.71 bits per heavy atom. The molecule has 0 aliphatic rings. The molecule has 0 atom stereocenters. The molecule has 118 valence electrons. The number of rotatable bonds is 9. The van der Waals surface area contributed by atoms with E-state index in [9.17, 15) is 0 Å². The van der Waals surface area contributed by atoms with Gasteiger partial charge in [0.15, 0.2) is 0 Å². The largest absolute Gasteiger partial charge is 0.383 e. The molecule has 0 spiro atoms. The minimum absolute atomic E-state index is 0.449. The minimum atomic E-state index is 0.449. The SMILES string of the molecule is C=CCN(CCOC)c1nc(C)cc(C)c1CNC(C)C. The van der Waals surface area contributed by atoms with Crippen LogP contribution >= 0.6 is 0 Å². The van der Waals surface area contributed by atoms with Crippen LogP contribution in [-0.2, 0) is 11.3 Å². The normalized spacial score (nSPS) is 11.0. The molecule has 0 aromatic carbocycles. The Morgan fingerprint density at radius 1 is 1.43 bits per heavy atom. The van der Waals surface area contributed by atoms with Gasteiger partial charge in [-0.1, -0.05) is 19.9 Å². The average molecular weight is 291 g/mol. The summed E-state index contributed by atoms with van der Waals surface area (Å²) in [4.78, 5) is 7.00. The zero-order chi connectivity index (χ0) is 15.8. The van der Waals surface area contributed by atoms with Gasteiger partial charge in [0.1, 0.15) is 5.82 Å². The number of methoxy groups -OCH3 is 1. The van der Waals surface area contributed by atoms with E-state index in [1.165, 1.54) is 11.1 Å². The van der Waals surface area contributed by atoms with Crippen LogP contribution in [0.15, 0.2) is 18.7 Å². The van der Waals surface area contributed by atoms with Crippen LogP contribution in [0.5, 0.6) is 0 Å². The van der Waals surface area contributed by atoms with Gasteiger partial charge in [-0.2, -0.15) is 0 Å². The second kappa shape index (κ2) is 8.80. The van der Waals surface area contributed by atoms with Gasteiger partial charge in [0.2, 0.25) is 0 Å². The first-order chi connectivity index (χ1) is 9.99. The van der Waals surface area contributed by atoms with Crippen LogP contribution in [0.2, 0.25) is 0 Å². The molecule has 1 aromatic heterocycles. The summed E-state index contributed by atoms with van der Waals surface area (Å²) in [6, 6.07) is 2.59. The molecule has 0 radical (unpaired) electrons. The Labute approximate surface area is 129 Å². The molecule has 0 saturated heterocycles. The lowest BCUT2D eigenvalue weighted by Crippen LogP contribution is -2.31. The molecule has 0 saturated carbocycles. The van der Waals surface area contributed by atoms with Gasteiger partial charge < -0.3 is 15.0 Å². The molecule has 0 aliphatic carbocycles. The van der Waals surface area contributed by atoms with Crippen LogP contribution < -0.4 is 10.2 Å². The lowest BCUT2D eigenvalue weighted by atomic mass is 10.1. The first-order valence-electron chi connectivity index (χ1n) is 7.54. The summed E-state index contributed by atoms with van der Waals surface area (Å²) in [7, 11) is 1.72. The summed E-state index contributed by atoms with van der Waals surface area (Å²) < 4.78 is 5.22. The zero-order valence-electron chi connectivity index (χ0n) is 14.1. The highest BCUT2D eigenvalue weighted by Crippen LogP contribution is 2.23. The third-order valence-corrected chi connectivity index (χ3v) is 3.36. The van der Waals surface area contributed by atoms with Gasteiger partial charge in [-0.15, -0.1) is 6.58 Å². The number of aryl methyl sites for hydroxylation is 2. The molecule has 1 rings (SSSR count). The van der Waals surface area contributed by atoms with Crippen molar-refractivity contribution in [3.05, 3.63) is 35.5 Å². The second-order valence-electron chi connectivity index (χ2n) is 5.65. The fourth-order valence-corrected chi connectivity index (χ4v) is 2.27. The minimum Gasteiger partial charge on any atom is -0.383 e. The van der Waals surface area contributed by atoms with Gasteiger partial charge in [0.25, 0.3) is 0 Å². The summed E-state index contributed by atoms with van der Waals surface area (Å²) in [5.41, 5.74) is 3.58. The summed E-state index contributed by atoms with van der Waals surface area (Å²) in [6.45, 7) is 15.5. The van der Waals surface area contributed by atoms with Gasteiger partial charge in [-0.3, -0.25) is 0 Å². The standard InChI is InChI=1S/C17H29N3O/c1-7-8-20(9-10-21-6)17-16(12-18-13(2)3)14(4)11-15(5)19-17/h7,11,13,18H,1,8-10,12H2,2-6H3. The van der Waals surface area contributed by atoms with Crippen LogP contribution in [0.3, 0.4) is 0 Å². The van der Waals surface area contributed by atoms with Crippen molar-refractivity contribution < 1.29 is 4.74 Å². The highest BCUT2D eigenvalue weighted by Gasteiger charge is 2.15. The topological polar surface area (TPSA) is 37.4 Å². The van der Waals surface area contributed by atoms with Gasteiger partial charge in [-0.25, -0.2) is 4.98 Å². The Bertz CT molecular complexity index is 458. The highest BCUT2D eigenvalue weighted by atomic mass is 16.5. The number of hydrogen-bond acceptors (Lipinski definition) is 4. The Hall–Kier alpha value is -1.39. The average Bonchev–Trinajstić information content (AvgIpc) is 2.41. The number of nitrogens with one attached hydrogen (secondary N) is 1. The van der Waals surface area contributed by atoms with E-state index in [1.807, 2.05) is 13.0 Å². The third-order valence-electron chi connectivity index (χ3n) is 3.36. The summed E-state index contributed by atoms with van der Waals surface area (Å²) in [6.07, 6.45) is 1.91. The van der Waals surface area contributed by atoms with Gasteiger partial charge >= 0.3 is 0 Å². The highest BCUT2D eigenvalue weighted by molar-refractivity contribution is 5.52. The van der Waals surface area contributed by atoms with E-state index in [-0.39, 0.29) is 0 Å². The summed E-state index contributed by atoms with van der Waals surface area (Å²) >= 11 is 0. The van der Waals surface area contributed by atoms with Crippen molar-refractivity contribution >= 4 is 5.82 Å². The molecular weight excluding hydrogens is 262 g/mol. The van der Waals surface area contributed by atoms with Crippen LogP contribution in [0.1, 0.15) is 30.7 Å². The van der Waals surface area contributed by atoms with E-state index in [2.05, 4.69) is 43.6 Å². The predicted octanol–water partition coefficient (Wildman–Crippen LogP) is 2.84. The molecule has 0 bridgehead atoms. The third kappa shape index (κ3) is 5.48. The number of nitrogens with zero attached hydrogens (tertiary/aromatic N) is 2. The molecule has 4 nitrogen and oxygen atoms in total. The summed E-state index contributed by atoms with van der Waals surface area (Å²) in [5.74, 6) is 1.04. The maximum atomic E-state index is 5.22. The van der Waals surface area contributed by atoms with Gasteiger partial charge in [-0.05, 0) is 25.5 Å². The van der Waals surface area contributed by atoms with Crippen LogP contribution in [0, 0.1) is 13.8 Å². The quantitative estimate of drug-likeness (QED) is 0.710. The van der Waals surface area contributed by atoms with Crippen LogP contribution in [-0.4, -0.2) is 37.8 Å². The fourth-order valence-electron chi connectivity index (χ4n) is 2.27. The van der Waals surface area contributed by atoms with Crippen molar-refractivity contribution in [3.63, 3.8) is 0 Å². The lowest BCUT2D eigenvalue weighted by molar-refractivity contribution is 0.205. The number of anilines is 1. The van der Waals surface area contributed by atoms with E-state index in [1.54, 1.807) is 7.11 Å². The molecule has 4 heteroatoms. The first-order valence-corrected chi connectivity index (χ1v) is 7.54. The molecule has 0 unspecified atom stereocenters. The molecule has 1 N–H and O–H groups in total. The number of ether oxygens (including phenoxy) is 1. The van der Waals surface area contributed by atoms with E-state index >= 15 is 0 Å². The fraction of sp³-hybridized carbons (Fsp3) is 0.588. The van der Waals surface area contributed by atoms with Gasteiger partial charge in [0, 0.05) is 44.0 Å². The Balaban J connectivity index is 3.12. The molecule has 21 heavy (non-hydrogen) atoms. The molecular formula is C17H29N3O. The van der Waals surface area contributed by atoms with Crippen LogP contribution in [0.4, 0.5) is 5.82 Å². The van der Waals surface area contributed by atoms with E-state index < -0.39 is 0 Å². The van der Waals surface area contributed by atoms with Crippen molar-refractivity contribution in [2.24, 2.45) is 0 Å².